The van der Waals surface area contributed by atoms with Gasteiger partial charge in [-0.05, 0) is 46.3 Å². The molecule has 0 N–H and O–H groups in total. The fourth-order valence-electron chi connectivity index (χ4n) is 3.98. The van der Waals surface area contributed by atoms with Gasteiger partial charge in [-0.25, -0.2) is 0 Å². The Hall–Kier alpha value is -0.980. The fraction of sp³-hybridized carbons (Fsp3) is 0.739. The standard InChI is InChI=1S/C23H40O/c1-11-13-22(6,7)18-16-20(24-10)19(23(8,9)14-12-2)15-17(18)21(3,4)5/h15-16H,11-14H2,1-10H3. The minimum atomic E-state index is 0.129. The molecule has 0 amide bonds. The summed E-state index contributed by atoms with van der Waals surface area (Å²) in [6.07, 6.45) is 4.74. The summed E-state index contributed by atoms with van der Waals surface area (Å²) < 4.78 is 5.86. The Morgan fingerprint density at radius 2 is 1.17 bits per heavy atom. The number of hydrogen-bond acceptors (Lipinski definition) is 1. The summed E-state index contributed by atoms with van der Waals surface area (Å²) in [7, 11) is 1.81. The van der Waals surface area contributed by atoms with Crippen molar-refractivity contribution in [2.24, 2.45) is 0 Å². The van der Waals surface area contributed by atoms with Crippen LogP contribution in [0.5, 0.6) is 5.75 Å². The number of hydrogen-bond donors (Lipinski definition) is 0. The van der Waals surface area contributed by atoms with E-state index in [4.69, 9.17) is 4.74 Å². The maximum Gasteiger partial charge on any atom is 0.122 e. The molecule has 1 nitrogen and oxygen atoms in total. The number of benzene rings is 1. The molecule has 1 aromatic carbocycles. The summed E-state index contributed by atoms with van der Waals surface area (Å²) in [6, 6.07) is 4.78. The monoisotopic (exact) mass is 332 g/mol. The Morgan fingerprint density at radius 3 is 1.54 bits per heavy atom. The molecule has 0 aliphatic carbocycles. The third-order valence-corrected chi connectivity index (χ3v) is 5.36. The van der Waals surface area contributed by atoms with Gasteiger partial charge in [-0.1, -0.05) is 81.2 Å². The highest BCUT2D eigenvalue weighted by atomic mass is 16.5. The molecular formula is C23H40O. The quantitative estimate of drug-likeness (QED) is 0.515. The Morgan fingerprint density at radius 1 is 0.708 bits per heavy atom. The van der Waals surface area contributed by atoms with Crippen LogP contribution in [0.3, 0.4) is 0 Å². The first-order chi connectivity index (χ1) is 10.9. The Kier molecular flexibility index (Phi) is 6.58. The van der Waals surface area contributed by atoms with E-state index in [1.165, 1.54) is 42.4 Å². The lowest BCUT2D eigenvalue weighted by Crippen LogP contribution is -2.27. The smallest absolute Gasteiger partial charge is 0.122 e. The second-order valence-corrected chi connectivity index (χ2v) is 9.62. The van der Waals surface area contributed by atoms with Crippen LogP contribution in [0.25, 0.3) is 0 Å². The predicted octanol–water partition coefficient (Wildman–Crippen LogP) is 7.15. The first kappa shape index (κ1) is 21.1. The van der Waals surface area contributed by atoms with Crippen molar-refractivity contribution in [1.29, 1.82) is 0 Å². The van der Waals surface area contributed by atoms with Crippen LogP contribution in [0.4, 0.5) is 0 Å². The SMILES string of the molecule is CCCC(C)(C)c1cc(C(C)(C)C)c(C(C)(C)CCC)cc1OC. The minimum absolute atomic E-state index is 0.129. The largest absolute Gasteiger partial charge is 0.496 e. The molecule has 0 unspecified atom stereocenters. The van der Waals surface area contributed by atoms with Gasteiger partial charge in [0.15, 0.2) is 0 Å². The van der Waals surface area contributed by atoms with Crippen LogP contribution in [0.15, 0.2) is 12.1 Å². The molecule has 0 aliphatic rings. The summed E-state index contributed by atoms with van der Waals surface area (Å²) in [6.45, 7) is 21.0. The van der Waals surface area contributed by atoms with E-state index >= 15 is 0 Å². The Labute approximate surface area is 151 Å². The molecule has 1 aromatic rings. The van der Waals surface area contributed by atoms with Gasteiger partial charge >= 0.3 is 0 Å². The maximum absolute atomic E-state index is 5.86. The summed E-state index contributed by atoms with van der Waals surface area (Å²) in [5.74, 6) is 1.06. The second-order valence-electron chi connectivity index (χ2n) is 9.62. The number of ether oxygens (including phenoxy) is 1. The van der Waals surface area contributed by atoms with Crippen LogP contribution in [0.1, 0.15) is 105 Å². The third-order valence-electron chi connectivity index (χ3n) is 5.36. The van der Waals surface area contributed by atoms with Crippen molar-refractivity contribution >= 4 is 0 Å². The van der Waals surface area contributed by atoms with Gasteiger partial charge in [0.25, 0.3) is 0 Å². The Bertz CT molecular complexity index is 544. The van der Waals surface area contributed by atoms with Crippen molar-refractivity contribution in [1.82, 2.24) is 0 Å². The van der Waals surface area contributed by atoms with Crippen LogP contribution in [0, 0.1) is 0 Å². The summed E-state index contributed by atoms with van der Waals surface area (Å²) >= 11 is 0. The fourth-order valence-corrected chi connectivity index (χ4v) is 3.98. The van der Waals surface area contributed by atoms with Crippen molar-refractivity contribution in [2.75, 3.05) is 7.11 Å². The highest BCUT2D eigenvalue weighted by Gasteiger charge is 2.32. The lowest BCUT2D eigenvalue weighted by Gasteiger charge is -2.36. The van der Waals surface area contributed by atoms with Crippen molar-refractivity contribution in [3.63, 3.8) is 0 Å². The van der Waals surface area contributed by atoms with E-state index < -0.39 is 0 Å². The van der Waals surface area contributed by atoms with Gasteiger partial charge in [-0.15, -0.1) is 0 Å². The van der Waals surface area contributed by atoms with Crippen molar-refractivity contribution in [2.45, 2.75) is 104 Å². The lowest BCUT2D eigenvalue weighted by atomic mass is 9.69. The lowest BCUT2D eigenvalue weighted by molar-refractivity contribution is 0.377. The highest BCUT2D eigenvalue weighted by Crippen LogP contribution is 2.44. The van der Waals surface area contributed by atoms with Crippen LogP contribution in [0.2, 0.25) is 0 Å². The zero-order valence-electron chi connectivity index (χ0n) is 17.9. The first-order valence-corrected chi connectivity index (χ1v) is 9.64. The molecule has 0 saturated heterocycles. The molecule has 0 aliphatic heterocycles. The molecular weight excluding hydrogens is 292 g/mol. The van der Waals surface area contributed by atoms with Crippen molar-refractivity contribution < 1.29 is 4.74 Å². The van der Waals surface area contributed by atoms with E-state index in [2.05, 4.69) is 74.4 Å². The molecule has 138 valence electrons. The number of methoxy groups -OCH3 is 1. The average Bonchev–Trinajstić information content (AvgIpc) is 2.44. The van der Waals surface area contributed by atoms with Crippen LogP contribution in [-0.2, 0) is 16.2 Å². The van der Waals surface area contributed by atoms with Gasteiger partial charge in [0.1, 0.15) is 5.75 Å². The summed E-state index contributed by atoms with van der Waals surface area (Å²) in [5, 5.41) is 0. The predicted molar refractivity (Wildman–Crippen MR) is 108 cm³/mol. The van der Waals surface area contributed by atoms with E-state index in [-0.39, 0.29) is 16.2 Å². The second kappa shape index (κ2) is 7.50. The minimum Gasteiger partial charge on any atom is -0.496 e. The van der Waals surface area contributed by atoms with E-state index in [1.54, 1.807) is 0 Å². The molecule has 0 aromatic heterocycles. The molecule has 0 radical (unpaired) electrons. The van der Waals surface area contributed by atoms with Crippen molar-refractivity contribution in [3.05, 3.63) is 28.8 Å². The Balaban J connectivity index is 3.69. The van der Waals surface area contributed by atoms with E-state index in [1.807, 2.05) is 7.11 Å². The topological polar surface area (TPSA) is 9.23 Å². The van der Waals surface area contributed by atoms with Gasteiger partial charge < -0.3 is 4.74 Å². The van der Waals surface area contributed by atoms with Crippen molar-refractivity contribution in [3.8, 4) is 5.75 Å². The van der Waals surface area contributed by atoms with Gasteiger partial charge in [0, 0.05) is 5.56 Å². The average molecular weight is 333 g/mol. The maximum atomic E-state index is 5.86. The van der Waals surface area contributed by atoms with E-state index in [0.29, 0.717) is 0 Å². The normalized spacial score (nSPS) is 13.2. The third kappa shape index (κ3) is 4.55. The molecule has 0 bridgehead atoms. The molecule has 1 rings (SSSR count). The van der Waals surface area contributed by atoms with Gasteiger partial charge in [-0.3, -0.25) is 0 Å². The molecule has 0 saturated carbocycles. The van der Waals surface area contributed by atoms with Crippen LogP contribution >= 0.6 is 0 Å². The molecule has 0 spiro atoms. The number of rotatable bonds is 7. The van der Waals surface area contributed by atoms with Crippen LogP contribution in [-0.4, -0.2) is 7.11 Å². The van der Waals surface area contributed by atoms with Gasteiger partial charge in [-0.2, -0.15) is 0 Å². The van der Waals surface area contributed by atoms with Gasteiger partial charge in [0.05, 0.1) is 7.11 Å². The zero-order chi connectivity index (χ0) is 18.8. The molecule has 0 fully saturated rings. The van der Waals surface area contributed by atoms with Gasteiger partial charge in [0.2, 0.25) is 0 Å². The molecule has 0 heterocycles. The molecule has 24 heavy (non-hydrogen) atoms. The first-order valence-electron chi connectivity index (χ1n) is 9.64. The zero-order valence-corrected chi connectivity index (χ0v) is 17.9. The van der Waals surface area contributed by atoms with E-state index in [0.717, 1.165) is 5.75 Å². The highest BCUT2D eigenvalue weighted by molar-refractivity contribution is 5.51. The summed E-state index contributed by atoms with van der Waals surface area (Å²) in [5.41, 5.74) is 4.70. The van der Waals surface area contributed by atoms with Crippen LogP contribution < -0.4 is 4.74 Å². The molecule has 0 atom stereocenters. The summed E-state index contributed by atoms with van der Waals surface area (Å²) in [4.78, 5) is 0. The molecule has 1 heteroatoms. The van der Waals surface area contributed by atoms with E-state index in [9.17, 15) is 0 Å².